The van der Waals surface area contributed by atoms with Crippen LogP contribution in [0.2, 0.25) is 0 Å². The zero-order valence-electron chi connectivity index (χ0n) is 8.61. The molecule has 3 rings (SSSR count). The molecule has 2 unspecified atom stereocenters. The fourth-order valence-electron chi connectivity index (χ4n) is 2.48. The minimum Gasteiger partial charge on any atom is -0.342 e. The first-order valence-corrected chi connectivity index (χ1v) is 5.55. The third-order valence-electron chi connectivity index (χ3n) is 3.33. The molecule has 0 bridgehead atoms. The third kappa shape index (κ3) is 1.43. The first-order chi connectivity index (χ1) is 7.34. The fourth-order valence-corrected chi connectivity index (χ4v) is 2.48. The SMILES string of the molecule is NC1CCCC1c1nc2ccccc2[nH]1. The van der Waals surface area contributed by atoms with Crippen LogP contribution >= 0.6 is 0 Å². The molecule has 1 fully saturated rings. The largest absolute Gasteiger partial charge is 0.342 e. The Balaban J connectivity index is 2.04. The molecule has 3 N–H and O–H groups in total. The highest BCUT2D eigenvalue weighted by Crippen LogP contribution is 2.32. The van der Waals surface area contributed by atoms with E-state index in [0.717, 1.165) is 23.3 Å². The Bertz CT molecular complexity index is 441. The van der Waals surface area contributed by atoms with Gasteiger partial charge in [0.1, 0.15) is 5.82 Å². The van der Waals surface area contributed by atoms with Crippen LogP contribution in [-0.2, 0) is 0 Å². The van der Waals surface area contributed by atoms with Crippen LogP contribution in [0.3, 0.4) is 0 Å². The first kappa shape index (κ1) is 8.92. The van der Waals surface area contributed by atoms with Crippen LogP contribution in [0.5, 0.6) is 0 Å². The zero-order valence-corrected chi connectivity index (χ0v) is 8.61. The second kappa shape index (κ2) is 3.35. The van der Waals surface area contributed by atoms with Crippen molar-refractivity contribution in [3.05, 3.63) is 30.1 Å². The molecule has 1 aromatic heterocycles. The van der Waals surface area contributed by atoms with Crippen LogP contribution in [0.4, 0.5) is 0 Å². The van der Waals surface area contributed by atoms with Crippen molar-refractivity contribution in [1.29, 1.82) is 0 Å². The maximum absolute atomic E-state index is 6.07. The minimum atomic E-state index is 0.283. The quantitative estimate of drug-likeness (QED) is 0.742. The fraction of sp³-hybridized carbons (Fsp3) is 0.417. The molecule has 1 heterocycles. The van der Waals surface area contributed by atoms with Gasteiger partial charge in [-0.05, 0) is 25.0 Å². The van der Waals surface area contributed by atoms with Gasteiger partial charge in [-0.15, -0.1) is 0 Å². The summed E-state index contributed by atoms with van der Waals surface area (Å²) in [5.41, 5.74) is 8.24. The molecular weight excluding hydrogens is 186 g/mol. The Morgan fingerprint density at radius 3 is 2.87 bits per heavy atom. The van der Waals surface area contributed by atoms with Gasteiger partial charge in [0.2, 0.25) is 0 Å². The molecule has 15 heavy (non-hydrogen) atoms. The Kier molecular flexibility index (Phi) is 1.99. The summed E-state index contributed by atoms with van der Waals surface area (Å²) < 4.78 is 0. The summed E-state index contributed by atoms with van der Waals surface area (Å²) in [6, 6.07) is 8.42. The number of rotatable bonds is 1. The van der Waals surface area contributed by atoms with Gasteiger partial charge in [-0.1, -0.05) is 18.6 Å². The van der Waals surface area contributed by atoms with Gasteiger partial charge in [0.25, 0.3) is 0 Å². The number of hydrogen-bond donors (Lipinski definition) is 2. The number of nitrogens with two attached hydrogens (primary N) is 1. The van der Waals surface area contributed by atoms with Crippen molar-refractivity contribution in [2.75, 3.05) is 0 Å². The van der Waals surface area contributed by atoms with E-state index in [-0.39, 0.29) is 6.04 Å². The molecule has 1 aromatic carbocycles. The molecule has 0 amide bonds. The number of imidazole rings is 1. The van der Waals surface area contributed by atoms with E-state index in [4.69, 9.17) is 5.73 Å². The summed E-state index contributed by atoms with van der Waals surface area (Å²) in [6.07, 6.45) is 3.52. The normalized spacial score (nSPS) is 26.2. The number of aromatic nitrogens is 2. The van der Waals surface area contributed by atoms with Crippen molar-refractivity contribution in [2.45, 2.75) is 31.2 Å². The maximum Gasteiger partial charge on any atom is 0.111 e. The van der Waals surface area contributed by atoms with E-state index in [9.17, 15) is 0 Å². The molecular formula is C12H15N3. The van der Waals surface area contributed by atoms with Gasteiger partial charge in [-0.25, -0.2) is 4.98 Å². The topological polar surface area (TPSA) is 54.7 Å². The summed E-state index contributed by atoms with van der Waals surface area (Å²) >= 11 is 0. The van der Waals surface area contributed by atoms with Crippen molar-refractivity contribution >= 4 is 11.0 Å². The molecule has 0 radical (unpaired) electrons. The van der Waals surface area contributed by atoms with Gasteiger partial charge < -0.3 is 10.7 Å². The molecule has 0 spiro atoms. The van der Waals surface area contributed by atoms with Gasteiger partial charge in [-0.2, -0.15) is 0 Å². The average molecular weight is 201 g/mol. The van der Waals surface area contributed by atoms with Gasteiger partial charge >= 0.3 is 0 Å². The summed E-state index contributed by atoms with van der Waals surface area (Å²) in [7, 11) is 0. The van der Waals surface area contributed by atoms with Crippen molar-refractivity contribution in [2.24, 2.45) is 5.73 Å². The van der Waals surface area contributed by atoms with Gasteiger partial charge in [0, 0.05) is 12.0 Å². The molecule has 1 aliphatic carbocycles. The number of nitrogens with zero attached hydrogens (tertiary/aromatic N) is 1. The standard InChI is InChI=1S/C12H15N3/c13-9-5-3-4-8(9)12-14-10-6-1-2-7-11(10)15-12/h1-2,6-9H,3-5,13H2,(H,14,15). The van der Waals surface area contributed by atoms with Crippen molar-refractivity contribution in [3.63, 3.8) is 0 Å². The van der Waals surface area contributed by atoms with E-state index in [2.05, 4.69) is 16.0 Å². The molecule has 2 atom stereocenters. The van der Waals surface area contributed by atoms with Crippen LogP contribution in [-0.4, -0.2) is 16.0 Å². The third-order valence-corrected chi connectivity index (χ3v) is 3.33. The Morgan fingerprint density at radius 2 is 2.13 bits per heavy atom. The van der Waals surface area contributed by atoms with Crippen molar-refractivity contribution in [1.82, 2.24) is 9.97 Å². The van der Waals surface area contributed by atoms with E-state index in [1.165, 1.54) is 12.8 Å². The molecule has 2 aromatic rings. The van der Waals surface area contributed by atoms with Gasteiger partial charge in [-0.3, -0.25) is 0 Å². The molecule has 3 heteroatoms. The summed E-state index contributed by atoms with van der Waals surface area (Å²) in [5.74, 6) is 1.50. The summed E-state index contributed by atoms with van der Waals surface area (Å²) in [4.78, 5) is 7.99. The van der Waals surface area contributed by atoms with Crippen LogP contribution in [0.15, 0.2) is 24.3 Å². The maximum atomic E-state index is 6.07. The molecule has 3 nitrogen and oxygen atoms in total. The predicted molar refractivity (Wildman–Crippen MR) is 60.7 cm³/mol. The molecule has 1 saturated carbocycles. The number of hydrogen-bond acceptors (Lipinski definition) is 2. The molecule has 0 aliphatic heterocycles. The number of aromatic amines is 1. The Hall–Kier alpha value is -1.35. The number of H-pyrrole nitrogens is 1. The molecule has 0 saturated heterocycles. The number of fused-ring (bicyclic) bond motifs is 1. The van der Waals surface area contributed by atoms with Crippen LogP contribution in [0, 0.1) is 0 Å². The molecule has 78 valence electrons. The van der Waals surface area contributed by atoms with E-state index >= 15 is 0 Å². The van der Waals surface area contributed by atoms with Gasteiger partial charge in [0.15, 0.2) is 0 Å². The van der Waals surface area contributed by atoms with E-state index in [0.29, 0.717) is 5.92 Å². The first-order valence-electron chi connectivity index (χ1n) is 5.55. The van der Waals surface area contributed by atoms with Crippen LogP contribution < -0.4 is 5.73 Å². The second-order valence-electron chi connectivity index (χ2n) is 4.34. The lowest BCUT2D eigenvalue weighted by atomic mass is 10.0. The zero-order chi connectivity index (χ0) is 10.3. The number of nitrogens with one attached hydrogen (secondary N) is 1. The number of para-hydroxylation sites is 2. The lowest BCUT2D eigenvalue weighted by molar-refractivity contribution is 0.588. The highest BCUT2D eigenvalue weighted by molar-refractivity contribution is 5.74. The summed E-state index contributed by atoms with van der Waals surface area (Å²) in [6.45, 7) is 0. The molecule has 1 aliphatic rings. The van der Waals surface area contributed by atoms with E-state index in [1.807, 2.05) is 18.2 Å². The van der Waals surface area contributed by atoms with Crippen LogP contribution in [0.1, 0.15) is 31.0 Å². The second-order valence-corrected chi connectivity index (χ2v) is 4.34. The lowest BCUT2D eigenvalue weighted by Gasteiger charge is -2.11. The minimum absolute atomic E-state index is 0.283. The van der Waals surface area contributed by atoms with Crippen LogP contribution in [0.25, 0.3) is 11.0 Å². The van der Waals surface area contributed by atoms with Gasteiger partial charge in [0.05, 0.1) is 11.0 Å². The highest BCUT2D eigenvalue weighted by atomic mass is 14.9. The predicted octanol–water partition coefficient (Wildman–Crippen LogP) is 2.16. The van der Waals surface area contributed by atoms with E-state index < -0.39 is 0 Å². The summed E-state index contributed by atoms with van der Waals surface area (Å²) in [5, 5.41) is 0. The van der Waals surface area contributed by atoms with Crippen molar-refractivity contribution in [3.8, 4) is 0 Å². The highest BCUT2D eigenvalue weighted by Gasteiger charge is 2.27. The lowest BCUT2D eigenvalue weighted by Crippen LogP contribution is -2.23. The Labute approximate surface area is 88.7 Å². The monoisotopic (exact) mass is 201 g/mol. The number of benzene rings is 1. The average Bonchev–Trinajstić information content (AvgIpc) is 2.82. The van der Waals surface area contributed by atoms with Crippen molar-refractivity contribution < 1.29 is 0 Å². The Morgan fingerprint density at radius 1 is 1.27 bits per heavy atom. The van der Waals surface area contributed by atoms with E-state index in [1.54, 1.807) is 0 Å². The smallest absolute Gasteiger partial charge is 0.111 e.